The molecule has 1 aliphatic heterocycles. The second-order valence-electron chi connectivity index (χ2n) is 5.16. The molecule has 0 spiro atoms. The summed E-state index contributed by atoms with van der Waals surface area (Å²) in [6.07, 6.45) is 1.73. The Balaban J connectivity index is 1.94. The Morgan fingerprint density at radius 3 is 2.67 bits per heavy atom. The molecular weight excluding hydrogens is 226 g/mol. The van der Waals surface area contributed by atoms with Crippen LogP contribution < -0.4 is 0 Å². The largest absolute Gasteiger partial charge is 0.387 e. The van der Waals surface area contributed by atoms with Gasteiger partial charge in [0, 0.05) is 25.8 Å². The maximum atomic E-state index is 10.3. The molecule has 100 valence electrons. The summed E-state index contributed by atoms with van der Waals surface area (Å²) in [5.41, 5.74) is 2.20. The van der Waals surface area contributed by atoms with Gasteiger partial charge in [0.05, 0.1) is 6.10 Å². The number of benzene rings is 1. The number of aliphatic hydroxyl groups excluding tert-OH is 1. The van der Waals surface area contributed by atoms with E-state index in [-0.39, 0.29) is 0 Å². The summed E-state index contributed by atoms with van der Waals surface area (Å²) in [5.74, 6) is 0. The maximum Gasteiger partial charge on any atom is 0.0919 e. The molecule has 3 heteroatoms. The first-order valence-electron chi connectivity index (χ1n) is 6.70. The summed E-state index contributed by atoms with van der Waals surface area (Å²) in [5, 5.41) is 10.3. The van der Waals surface area contributed by atoms with Crippen molar-refractivity contribution in [3.05, 3.63) is 35.4 Å². The van der Waals surface area contributed by atoms with Crippen LogP contribution in [0.1, 0.15) is 30.1 Å². The first-order chi connectivity index (χ1) is 8.68. The van der Waals surface area contributed by atoms with Crippen molar-refractivity contribution in [2.24, 2.45) is 0 Å². The molecule has 2 rings (SSSR count). The lowest BCUT2D eigenvalue weighted by atomic mass is 10.0. The van der Waals surface area contributed by atoms with Gasteiger partial charge in [-0.2, -0.15) is 0 Å². The summed E-state index contributed by atoms with van der Waals surface area (Å²) >= 11 is 0. The summed E-state index contributed by atoms with van der Waals surface area (Å²) in [6.45, 7) is 4.42. The van der Waals surface area contributed by atoms with E-state index in [9.17, 15) is 5.11 Å². The predicted octanol–water partition coefficient (Wildman–Crippen LogP) is 2.14. The highest BCUT2D eigenvalue weighted by Crippen LogP contribution is 2.20. The summed E-state index contributed by atoms with van der Waals surface area (Å²) in [7, 11) is 2.09. The molecule has 0 amide bonds. The van der Waals surface area contributed by atoms with Crippen LogP contribution in [0.3, 0.4) is 0 Å². The molecule has 1 fully saturated rings. The number of nitrogens with zero attached hydrogens (tertiary/aromatic N) is 1. The van der Waals surface area contributed by atoms with Gasteiger partial charge >= 0.3 is 0 Å². The standard InChI is InChI=1S/C15H23NO2/c1-12-5-3-4-6-14(12)15(17)11-16(2)13-7-9-18-10-8-13/h3-6,13,15,17H,7-11H2,1-2H3. The highest BCUT2D eigenvalue weighted by Gasteiger charge is 2.21. The first-order valence-corrected chi connectivity index (χ1v) is 6.70. The highest BCUT2D eigenvalue weighted by molar-refractivity contribution is 5.27. The van der Waals surface area contributed by atoms with Gasteiger partial charge in [0.15, 0.2) is 0 Å². The number of hydrogen-bond acceptors (Lipinski definition) is 3. The van der Waals surface area contributed by atoms with Gasteiger partial charge in [-0.05, 0) is 37.9 Å². The van der Waals surface area contributed by atoms with Crippen molar-refractivity contribution in [2.45, 2.75) is 31.9 Å². The Kier molecular flexibility index (Phi) is 4.75. The van der Waals surface area contributed by atoms with E-state index in [0.29, 0.717) is 12.6 Å². The van der Waals surface area contributed by atoms with Gasteiger partial charge in [0.1, 0.15) is 0 Å². The minimum absolute atomic E-state index is 0.404. The Bertz CT molecular complexity index is 375. The van der Waals surface area contributed by atoms with E-state index in [0.717, 1.165) is 37.2 Å². The zero-order valence-corrected chi connectivity index (χ0v) is 11.3. The molecule has 1 saturated heterocycles. The van der Waals surface area contributed by atoms with Gasteiger partial charge in [-0.3, -0.25) is 0 Å². The highest BCUT2D eigenvalue weighted by atomic mass is 16.5. The monoisotopic (exact) mass is 249 g/mol. The molecule has 0 radical (unpaired) electrons. The quantitative estimate of drug-likeness (QED) is 0.887. The van der Waals surface area contributed by atoms with Crippen molar-refractivity contribution in [3.8, 4) is 0 Å². The average molecular weight is 249 g/mol. The van der Waals surface area contributed by atoms with E-state index in [1.165, 1.54) is 0 Å². The number of aliphatic hydroxyl groups is 1. The molecule has 0 saturated carbocycles. The Hall–Kier alpha value is -0.900. The van der Waals surface area contributed by atoms with Crippen LogP contribution in [0.4, 0.5) is 0 Å². The maximum absolute atomic E-state index is 10.3. The van der Waals surface area contributed by atoms with Gasteiger partial charge in [0.25, 0.3) is 0 Å². The van der Waals surface area contributed by atoms with Gasteiger partial charge < -0.3 is 14.7 Å². The number of aryl methyl sites for hydroxylation is 1. The van der Waals surface area contributed by atoms with Crippen molar-refractivity contribution in [2.75, 3.05) is 26.8 Å². The molecule has 1 aromatic rings. The molecule has 1 aromatic carbocycles. The van der Waals surface area contributed by atoms with Crippen molar-refractivity contribution in [1.29, 1.82) is 0 Å². The van der Waals surface area contributed by atoms with Crippen molar-refractivity contribution < 1.29 is 9.84 Å². The summed E-state index contributed by atoms with van der Waals surface area (Å²) in [4.78, 5) is 2.26. The molecule has 0 bridgehead atoms. The van der Waals surface area contributed by atoms with E-state index in [4.69, 9.17) is 4.74 Å². The summed E-state index contributed by atoms with van der Waals surface area (Å²) < 4.78 is 5.37. The van der Waals surface area contributed by atoms with Crippen LogP contribution in [0.25, 0.3) is 0 Å². The fourth-order valence-corrected chi connectivity index (χ4v) is 2.61. The molecule has 0 aromatic heterocycles. The second-order valence-corrected chi connectivity index (χ2v) is 5.16. The van der Waals surface area contributed by atoms with E-state index in [1.54, 1.807) is 0 Å². The SMILES string of the molecule is Cc1ccccc1C(O)CN(C)C1CCOCC1. The minimum atomic E-state index is -0.404. The first kappa shape index (κ1) is 13.5. The zero-order chi connectivity index (χ0) is 13.0. The van der Waals surface area contributed by atoms with Crippen molar-refractivity contribution in [3.63, 3.8) is 0 Å². The predicted molar refractivity (Wildman–Crippen MR) is 72.6 cm³/mol. The zero-order valence-electron chi connectivity index (χ0n) is 11.3. The third-order valence-electron chi connectivity index (χ3n) is 3.82. The molecule has 18 heavy (non-hydrogen) atoms. The number of rotatable bonds is 4. The molecule has 3 nitrogen and oxygen atoms in total. The topological polar surface area (TPSA) is 32.7 Å². The van der Waals surface area contributed by atoms with E-state index >= 15 is 0 Å². The van der Waals surface area contributed by atoms with E-state index in [1.807, 2.05) is 31.2 Å². The van der Waals surface area contributed by atoms with E-state index in [2.05, 4.69) is 11.9 Å². The lowest BCUT2D eigenvalue weighted by Gasteiger charge is -2.32. The summed E-state index contributed by atoms with van der Waals surface area (Å²) in [6, 6.07) is 8.59. The van der Waals surface area contributed by atoms with Gasteiger partial charge in [0.2, 0.25) is 0 Å². The van der Waals surface area contributed by atoms with Crippen molar-refractivity contribution >= 4 is 0 Å². The number of hydrogen-bond donors (Lipinski definition) is 1. The third-order valence-corrected chi connectivity index (χ3v) is 3.82. The van der Waals surface area contributed by atoms with Gasteiger partial charge in [-0.15, -0.1) is 0 Å². The molecule has 1 N–H and O–H groups in total. The molecule has 1 aliphatic rings. The smallest absolute Gasteiger partial charge is 0.0919 e. The lowest BCUT2D eigenvalue weighted by molar-refractivity contribution is 0.0252. The minimum Gasteiger partial charge on any atom is -0.387 e. The fraction of sp³-hybridized carbons (Fsp3) is 0.600. The van der Waals surface area contributed by atoms with Crippen LogP contribution >= 0.6 is 0 Å². The van der Waals surface area contributed by atoms with Gasteiger partial charge in [-0.1, -0.05) is 24.3 Å². The molecule has 1 atom stereocenters. The molecule has 1 unspecified atom stereocenters. The second kappa shape index (κ2) is 6.32. The van der Waals surface area contributed by atoms with Crippen LogP contribution in [0.5, 0.6) is 0 Å². The third kappa shape index (κ3) is 3.31. The van der Waals surface area contributed by atoms with Crippen LogP contribution in [-0.2, 0) is 4.74 Å². The normalized spacial score (nSPS) is 19.1. The number of ether oxygens (including phenoxy) is 1. The van der Waals surface area contributed by atoms with Crippen LogP contribution in [0.15, 0.2) is 24.3 Å². The Labute approximate surface area is 109 Å². The van der Waals surface area contributed by atoms with Gasteiger partial charge in [-0.25, -0.2) is 0 Å². The van der Waals surface area contributed by atoms with Crippen LogP contribution in [-0.4, -0.2) is 42.9 Å². The Morgan fingerprint density at radius 1 is 1.33 bits per heavy atom. The molecule has 0 aliphatic carbocycles. The molecular formula is C15H23NO2. The lowest BCUT2D eigenvalue weighted by Crippen LogP contribution is -2.39. The van der Waals surface area contributed by atoms with Crippen molar-refractivity contribution in [1.82, 2.24) is 4.90 Å². The fourth-order valence-electron chi connectivity index (χ4n) is 2.61. The van der Waals surface area contributed by atoms with Crippen LogP contribution in [0, 0.1) is 6.92 Å². The average Bonchev–Trinajstić information content (AvgIpc) is 2.40. The number of likely N-dealkylation sites (N-methyl/N-ethyl adjacent to an activating group) is 1. The van der Waals surface area contributed by atoms with Crippen LogP contribution in [0.2, 0.25) is 0 Å². The molecule has 1 heterocycles. The Morgan fingerprint density at radius 2 is 2.00 bits per heavy atom. The van der Waals surface area contributed by atoms with E-state index < -0.39 is 6.10 Å².